The molecule has 5 nitrogen and oxygen atoms in total. The first kappa shape index (κ1) is 15.5. The zero-order valence-corrected chi connectivity index (χ0v) is 13.3. The van der Waals surface area contributed by atoms with Crippen LogP contribution in [0.1, 0.15) is 32.6 Å². The smallest absolute Gasteiger partial charge is 0.226 e. The van der Waals surface area contributed by atoms with Crippen molar-refractivity contribution in [2.75, 3.05) is 32.8 Å². The first-order valence-electron chi connectivity index (χ1n) is 8.36. The quantitative estimate of drug-likeness (QED) is 0.775. The average molecular weight is 306 g/mol. The molecule has 0 aromatic rings. The molecule has 0 aromatic heterocycles. The number of aliphatic hydroxyl groups excluding tert-OH is 1. The van der Waals surface area contributed by atoms with E-state index in [1.54, 1.807) is 6.92 Å². The van der Waals surface area contributed by atoms with Gasteiger partial charge in [0.25, 0.3) is 0 Å². The van der Waals surface area contributed by atoms with E-state index in [4.69, 9.17) is 0 Å². The molecule has 2 saturated heterocycles. The highest BCUT2D eigenvalue weighted by molar-refractivity contribution is 5.79. The van der Waals surface area contributed by atoms with Crippen LogP contribution in [0, 0.1) is 17.3 Å². The van der Waals surface area contributed by atoms with Crippen LogP contribution in [0.15, 0.2) is 12.2 Å². The molecule has 1 spiro atoms. The molecule has 2 amide bonds. The lowest BCUT2D eigenvalue weighted by Gasteiger charge is -2.42. The molecule has 3 aliphatic rings. The van der Waals surface area contributed by atoms with E-state index in [-0.39, 0.29) is 35.7 Å². The number of carbonyl (C=O) groups excluding carboxylic acids is 2. The molecule has 1 unspecified atom stereocenters. The van der Waals surface area contributed by atoms with Crippen LogP contribution in [0.4, 0.5) is 0 Å². The van der Waals surface area contributed by atoms with E-state index in [0.29, 0.717) is 6.54 Å². The van der Waals surface area contributed by atoms with Crippen molar-refractivity contribution in [3.05, 3.63) is 12.2 Å². The predicted molar refractivity (Wildman–Crippen MR) is 82.9 cm³/mol. The Labute approximate surface area is 132 Å². The zero-order chi connectivity index (χ0) is 15.7. The fraction of sp³-hybridized carbons (Fsp3) is 0.765. The molecule has 2 fully saturated rings. The third kappa shape index (κ3) is 2.67. The summed E-state index contributed by atoms with van der Waals surface area (Å²) in [5, 5.41) is 9.70. The molecule has 2 heterocycles. The number of aliphatic hydroxyl groups is 1. The molecule has 3 rings (SSSR count). The minimum Gasteiger partial charge on any atom is -0.396 e. The maximum atomic E-state index is 12.5. The summed E-state index contributed by atoms with van der Waals surface area (Å²) in [6.45, 7) is 4.64. The Hall–Kier alpha value is -1.36. The SMILES string of the molecule is CC(=O)N1CC(CO)C2(CCN(C(=O)C3CC=CC3)CC2)C1. The van der Waals surface area contributed by atoms with Gasteiger partial charge in [-0.3, -0.25) is 9.59 Å². The summed E-state index contributed by atoms with van der Waals surface area (Å²) in [6, 6.07) is 0. The van der Waals surface area contributed by atoms with Gasteiger partial charge in [-0.2, -0.15) is 0 Å². The Morgan fingerprint density at radius 3 is 2.36 bits per heavy atom. The Bertz CT molecular complexity index is 472. The second kappa shape index (κ2) is 6.03. The predicted octanol–water partition coefficient (Wildman–Crippen LogP) is 1.03. The van der Waals surface area contributed by atoms with Crippen molar-refractivity contribution in [1.82, 2.24) is 9.80 Å². The minimum absolute atomic E-state index is 0.00509. The Balaban J connectivity index is 1.62. The summed E-state index contributed by atoms with van der Waals surface area (Å²) in [6.07, 6.45) is 7.73. The van der Waals surface area contributed by atoms with Gasteiger partial charge in [0.05, 0.1) is 0 Å². The largest absolute Gasteiger partial charge is 0.396 e. The van der Waals surface area contributed by atoms with E-state index < -0.39 is 0 Å². The summed E-state index contributed by atoms with van der Waals surface area (Å²) in [5.74, 6) is 0.662. The first-order valence-corrected chi connectivity index (χ1v) is 8.36. The number of allylic oxidation sites excluding steroid dienone is 2. The molecule has 1 N–H and O–H groups in total. The number of hydrogen-bond donors (Lipinski definition) is 1. The molecule has 0 saturated carbocycles. The van der Waals surface area contributed by atoms with Gasteiger partial charge in [-0.25, -0.2) is 0 Å². The maximum Gasteiger partial charge on any atom is 0.226 e. The molecular formula is C17H26N2O3. The van der Waals surface area contributed by atoms with Crippen molar-refractivity contribution in [2.45, 2.75) is 32.6 Å². The van der Waals surface area contributed by atoms with Crippen molar-refractivity contribution in [3.8, 4) is 0 Å². The van der Waals surface area contributed by atoms with Crippen LogP contribution in [0.2, 0.25) is 0 Å². The van der Waals surface area contributed by atoms with Crippen molar-refractivity contribution >= 4 is 11.8 Å². The highest BCUT2D eigenvalue weighted by atomic mass is 16.3. The molecule has 0 radical (unpaired) electrons. The maximum absolute atomic E-state index is 12.5. The topological polar surface area (TPSA) is 60.9 Å². The van der Waals surface area contributed by atoms with E-state index in [9.17, 15) is 14.7 Å². The Kier molecular flexibility index (Phi) is 4.26. The molecular weight excluding hydrogens is 280 g/mol. The second-order valence-corrected chi connectivity index (χ2v) is 7.11. The number of nitrogens with zero attached hydrogens (tertiary/aromatic N) is 2. The molecule has 5 heteroatoms. The van der Waals surface area contributed by atoms with E-state index in [1.165, 1.54) is 0 Å². The molecule has 2 aliphatic heterocycles. The standard InChI is InChI=1S/C17H26N2O3/c1-13(21)19-10-15(11-20)17(12-19)6-8-18(9-7-17)16(22)14-4-2-3-5-14/h2-3,14-15,20H,4-12H2,1H3. The molecule has 1 aliphatic carbocycles. The van der Waals surface area contributed by atoms with Gasteiger partial charge in [-0.05, 0) is 31.1 Å². The molecule has 0 bridgehead atoms. The Morgan fingerprint density at radius 1 is 1.18 bits per heavy atom. The lowest BCUT2D eigenvalue weighted by atomic mass is 9.71. The van der Waals surface area contributed by atoms with Gasteiger partial charge < -0.3 is 14.9 Å². The molecule has 0 aromatic carbocycles. The highest BCUT2D eigenvalue weighted by Gasteiger charge is 2.49. The number of carbonyl (C=O) groups is 2. The number of rotatable bonds is 2. The van der Waals surface area contributed by atoms with Crippen molar-refractivity contribution in [3.63, 3.8) is 0 Å². The fourth-order valence-electron chi connectivity index (χ4n) is 4.34. The van der Waals surface area contributed by atoms with E-state index in [1.807, 2.05) is 9.80 Å². The van der Waals surface area contributed by atoms with Crippen LogP contribution >= 0.6 is 0 Å². The zero-order valence-electron chi connectivity index (χ0n) is 13.3. The highest BCUT2D eigenvalue weighted by Crippen LogP contribution is 2.44. The van der Waals surface area contributed by atoms with Crippen molar-refractivity contribution in [2.24, 2.45) is 17.3 Å². The van der Waals surface area contributed by atoms with Gasteiger partial charge in [0.1, 0.15) is 0 Å². The second-order valence-electron chi connectivity index (χ2n) is 7.11. The molecule has 122 valence electrons. The number of amides is 2. The molecule has 22 heavy (non-hydrogen) atoms. The van der Waals surface area contributed by atoms with Gasteiger partial charge >= 0.3 is 0 Å². The van der Waals surface area contributed by atoms with Gasteiger partial charge in [0.15, 0.2) is 0 Å². The summed E-state index contributed by atoms with van der Waals surface area (Å²) < 4.78 is 0. The lowest BCUT2D eigenvalue weighted by Crippen LogP contribution is -2.48. The summed E-state index contributed by atoms with van der Waals surface area (Å²) >= 11 is 0. The summed E-state index contributed by atoms with van der Waals surface area (Å²) in [7, 11) is 0. The van der Waals surface area contributed by atoms with E-state index in [0.717, 1.165) is 45.3 Å². The van der Waals surface area contributed by atoms with Crippen molar-refractivity contribution in [1.29, 1.82) is 0 Å². The number of hydrogen-bond acceptors (Lipinski definition) is 3. The summed E-state index contributed by atoms with van der Waals surface area (Å²) in [5.41, 5.74) is 0.00509. The van der Waals surface area contributed by atoms with Crippen LogP contribution in [-0.4, -0.2) is 59.5 Å². The normalized spacial score (nSPS) is 27.8. The minimum atomic E-state index is 0.00509. The fourth-order valence-corrected chi connectivity index (χ4v) is 4.34. The number of likely N-dealkylation sites (tertiary alicyclic amines) is 2. The van der Waals surface area contributed by atoms with Crippen LogP contribution in [0.3, 0.4) is 0 Å². The van der Waals surface area contributed by atoms with Crippen LogP contribution in [0.25, 0.3) is 0 Å². The first-order chi connectivity index (χ1) is 10.6. The van der Waals surface area contributed by atoms with Gasteiger partial charge in [-0.15, -0.1) is 0 Å². The van der Waals surface area contributed by atoms with Gasteiger partial charge in [-0.1, -0.05) is 12.2 Å². The Morgan fingerprint density at radius 2 is 1.82 bits per heavy atom. The summed E-state index contributed by atoms with van der Waals surface area (Å²) in [4.78, 5) is 28.0. The van der Waals surface area contributed by atoms with Gasteiger partial charge in [0, 0.05) is 51.5 Å². The van der Waals surface area contributed by atoms with Crippen LogP contribution in [-0.2, 0) is 9.59 Å². The van der Waals surface area contributed by atoms with Crippen LogP contribution in [0.5, 0.6) is 0 Å². The van der Waals surface area contributed by atoms with Crippen molar-refractivity contribution < 1.29 is 14.7 Å². The average Bonchev–Trinajstić information content (AvgIpc) is 3.15. The van der Waals surface area contributed by atoms with E-state index >= 15 is 0 Å². The molecule has 1 atom stereocenters. The third-order valence-corrected chi connectivity index (χ3v) is 5.91. The van der Waals surface area contributed by atoms with E-state index in [2.05, 4.69) is 12.2 Å². The third-order valence-electron chi connectivity index (χ3n) is 5.91. The van der Waals surface area contributed by atoms with Crippen LogP contribution < -0.4 is 0 Å². The number of piperidine rings is 1. The monoisotopic (exact) mass is 306 g/mol. The van der Waals surface area contributed by atoms with Gasteiger partial charge in [0.2, 0.25) is 11.8 Å². The lowest BCUT2D eigenvalue weighted by molar-refractivity contribution is -0.138.